The fourth-order valence-electron chi connectivity index (χ4n) is 2.69. The Bertz CT molecular complexity index is 562. The molecule has 132 valence electrons. The van der Waals surface area contributed by atoms with Crippen molar-refractivity contribution < 1.29 is 14.4 Å². The summed E-state index contributed by atoms with van der Waals surface area (Å²) in [6.45, 7) is 2.27. The van der Waals surface area contributed by atoms with Crippen molar-refractivity contribution in [3.8, 4) is 0 Å². The summed E-state index contributed by atoms with van der Waals surface area (Å²) >= 11 is 1.37. The van der Waals surface area contributed by atoms with Crippen LogP contribution in [-0.2, 0) is 9.59 Å². The quantitative estimate of drug-likeness (QED) is 0.651. The van der Waals surface area contributed by atoms with Crippen LogP contribution in [0.3, 0.4) is 0 Å². The lowest BCUT2D eigenvalue weighted by molar-refractivity contribution is -0.135. The van der Waals surface area contributed by atoms with Crippen LogP contribution in [0.5, 0.6) is 0 Å². The third-order valence-corrected chi connectivity index (χ3v) is 4.83. The Morgan fingerprint density at radius 1 is 1.29 bits per heavy atom. The number of carbonyl (C=O) groups is 3. The summed E-state index contributed by atoms with van der Waals surface area (Å²) in [5.74, 6) is -0.396. The molecular formula is C16H24N4O3S. The zero-order valence-electron chi connectivity index (χ0n) is 13.6. The highest BCUT2D eigenvalue weighted by Crippen LogP contribution is 2.17. The molecule has 1 fully saturated rings. The number of rotatable bonds is 7. The summed E-state index contributed by atoms with van der Waals surface area (Å²) in [6, 6.07) is 3.56. The molecule has 0 aliphatic carbocycles. The molecule has 2 rings (SSSR count). The van der Waals surface area contributed by atoms with Gasteiger partial charge in [0.15, 0.2) is 0 Å². The van der Waals surface area contributed by atoms with Gasteiger partial charge in [-0.05, 0) is 24.3 Å². The van der Waals surface area contributed by atoms with E-state index in [0.717, 1.165) is 12.8 Å². The summed E-state index contributed by atoms with van der Waals surface area (Å²) in [5, 5.41) is 7.36. The van der Waals surface area contributed by atoms with Crippen molar-refractivity contribution in [2.45, 2.75) is 19.3 Å². The Morgan fingerprint density at radius 3 is 2.83 bits per heavy atom. The van der Waals surface area contributed by atoms with Crippen LogP contribution < -0.4 is 16.4 Å². The molecule has 1 atom stereocenters. The van der Waals surface area contributed by atoms with Crippen LogP contribution in [-0.4, -0.2) is 55.3 Å². The summed E-state index contributed by atoms with van der Waals surface area (Å²) in [5.41, 5.74) is 5.38. The average Bonchev–Trinajstić information content (AvgIpc) is 3.14. The maximum atomic E-state index is 12.3. The van der Waals surface area contributed by atoms with Gasteiger partial charge in [0.05, 0.1) is 10.8 Å². The van der Waals surface area contributed by atoms with Crippen LogP contribution in [0.4, 0.5) is 0 Å². The zero-order valence-corrected chi connectivity index (χ0v) is 14.4. The van der Waals surface area contributed by atoms with E-state index in [2.05, 4.69) is 10.6 Å². The number of nitrogens with one attached hydrogen (secondary N) is 2. The Labute approximate surface area is 145 Å². The lowest BCUT2D eigenvalue weighted by atomic mass is 9.97. The first-order valence-electron chi connectivity index (χ1n) is 8.19. The lowest BCUT2D eigenvalue weighted by Gasteiger charge is -2.32. The molecule has 0 bridgehead atoms. The number of amides is 3. The van der Waals surface area contributed by atoms with E-state index in [-0.39, 0.29) is 30.1 Å². The van der Waals surface area contributed by atoms with Crippen molar-refractivity contribution in [2.75, 3.05) is 32.7 Å². The van der Waals surface area contributed by atoms with Gasteiger partial charge < -0.3 is 21.3 Å². The predicted molar refractivity (Wildman–Crippen MR) is 92.6 cm³/mol. The van der Waals surface area contributed by atoms with Gasteiger partial charge in [-0.15, -0.1) is 11.3 Å². The summed E-state index contributed by atoms with van der Waals surface area (Å²) in [6.07, 6.45) is 1.84. The topological polar surface area (TPSA) is 105 Å². The number of nitrogens with zero attached hydrogens (tertiary/aromatic N) is 1. The normalized spacial score (nSPS) is 17.4. The number of hydrogen-bond donors (Lipinski definition) is 3. The van der Waals surface area contributed by atoms with Crippen LogP contribution in [0.2, 0.25) is 0 Å². The molecular weight excluding hydrogens is 328 g/mol. The minimum Gasteiger partial charge on any atom is -0.355 e. The van der Waals surface area contributed by atoms with Gasteiger partial charge >= 0.3 is 0 Å². The molecule has 24 heavy (non-hydrogen) atoms. The SMILES string of the molecule is NCCNC(=O)C1CCCN(C(=O)CCNC(=O)c2cccs2)C1. The Kier molecular flexibility index (Phi) is 7.20. The van der Waals surface area contributed by atoms with Gasteiger partial charge in [0.1, 0.15) is 0 Å². The molecule has 0 saturated carbocycles. The van der Waals surface area contributed by atoms with Crippen molar-refractivity contribution in [3.05, 3.63) is 22.4 Å². The molecule has 0 aromatic carbocycles. The van der Waals surface area contributed by atoms with Crippen LogP contribution in [0, 0.1) is 5.92 Å². The first-order chi connectivity index (χ1) is 11.6. The number of hydrogen-bond acceptors (Lipinski definition) is 5. The molecule has 0 radical (unpaired) electrons. The monoisotopic (exact) mass is 352 g/mol. The molecule has 1 aliphatic rings. The number of piperidine rings is 1. The van der Waals surface area contributed by atoms with Crippen LogP contribution in [0.1, 0.15) is 28.9 Å². The van der Waals surface area contributed by atoms with Crippen molar-refractivity contribution in [1.29, 1.82) is 0 Å². The van der Waals surface area contributed by atoms with E-state index >= 15 is 0 Å². The molecule has 7 nitrogen and oxygen atoms in total. The van der Waals surface area contributed by atoms with Gasteiger partial charge in [-0.1, -0.05) is 6.07 Å². The van der Waals surface area contributed by atoms with Gasteiger partial charge in [0, 0.05) is 39.1 Å². The highest BCUT2D eigenvalue weighted by Gasteiger charge is 2.27. The maximum absolute atomic E-state index is 12.3. The van der Waals surface area contributed by atoms with Crippen molar-refractivity contribution in [3.63, 3.8) is 0 Å². The third kappa shape index (κ3) is 5.31. The van der Waals surface area contributed by atoms with Gasteiger partial charge in [-0.3, -0.25) is 14.4 Å². The van der Waals surface area contributed by atoms with E-state index in [1.54, 1.807) is 11.0 Å². The molecule has 3 amide bonds. The molecule has 1 aliphatic heterocycles. The number of likely N-dealkylation sites (tertiary alicyclic amines) is 1. The Balaban J connectivity index is 1.73. The maximum Gasteiger partial charge on any atom is 0.261 e. The van der Waals surface area contributed by atoms with Crippen molar-refractivity contribution in [1.82, 2.24) is 15.5 Å². The Hall–Kier alpha value is -1.93. The second kappa shape index (κ2) is 9.39. The molecule has 8 heteroatoms. The van der Waals surface area contributed by atoms with Crippen LogP contribution >= 0.6 is 11.3 Å². The summed E-state index contributed by atoms with van der Waals surface area (Å²) < 4.78 is 0. The standard InChI is InChI=1S/C16H24N4O3S/c17-6-8-19-15(22)12-3-1-9-20(11-12)14(21)5-7-18-16(23)13-4-2-10-24-13/h2,4,10,12H,1,3,5-9,11,17H2,(H,18,23)(H,19,22). The smallest absolute Gasteiger partial charge is 0.261 e. The molecule has 2 heterocycles. The van der Waals surface area contributed by atoms with Gasteiger partial charge in [-0.25, -0.2) is 0 Å². The van der Waals surface area contributed by atoms with Crippen LogP contribution in [0.25, 0.3) is 0 Å². The van der Waals surface area contributed by atoms with Gasteiger partial charge in [0.25, 0.3) is 5.91 Å². The number of thiophene rings is 1. The molecule has 1 saturated heterocycles. The first-order valence-corrected chi connectivity index (χ1v) is 9.07. The summed E-state index contributed by atoms with van der Waals surface area (Å²) in [4.78, 5) is 38.4. The largest absolute Gasteiger partial charge is 0.355 e. The number of carbonyl (C=O) groups excluding carboxylic acids is 3. The first kappa shape index (κ1) is 18.4. The third-order valence-electron chi connectivity index (χ3n) is 3.96. The van der Waals surface area contributed by atoms with E-state index in [1.165, 1.54) is 11.3 Å². The number of nitrogens with two attached hydrogens (primary N) is 1. The second-order valence-corrected chi connectivity index (χ2v) is 6.69. The van der Waals surface area contributed by atoms with Gasteiger partial charge in [0.2, 0.25) is 11.8 Å². The molecule has 4 N–H and O–H groups in total. The van der Waals surface area contributed by atoms with Crippen molar-refractivity contribution in [2.24, 2.45) is 11.7 Å². The van der Waals surface area contributed by atoms with E-state index in [0.29, 0.717) is 37.6 Å². The second-order valence-electron chi connectivity index (χ2n) is 5.74. The Morgan fingerprint density at radius 2 is 2.12 bits per heavy atom. The fraction of sp³-hybridized carbons (Fsp3) is 0.562. The minimum absolute atomic E-state index is 0.0298. The summed E-state index contributed by atoms with van der Waals surface area (Å²) in [7, 11) is 0. The minimum atomic E-state index is -0.171. The molecule has 1 aromatic heterocycles. The highest BCUT2D eigenvalue weighted by molar-refractivity contribution is 7.12. The predicted octanol–water partition coefficient (Wildman–Crippen LogP) is 0.181. The molecule has 1 aromatic rings. The fourth-order valence-corrected chi connectivity index (χ4v) is 3.33. The molecule has 0 spiro atoms. The van der Waals surface area contributed by atoms with E-state index in [1.807, 2.05) is 11.4 Å². The lowest BCUT2D eigenvalue weighted by Crippen LogP contribution is -2.46. The zero-order chi connectivity index (χ0) is 17.4. The average molecular weight is 352 g/mol. The van der Waals surface area contributed by atoms with E-state index in [4.69, 9.17) is 5.73 Å². The van der Waals surface area contributed by atoms with E-state index in [9.17, 15) is 14.4 Å². The molecule has 1 unspecified atom stereocenters. The van der Waals surface area contributed by atoms with Crippen LogP contribution in [0.15, 0.2) is 17.5 Å². The van der Waals surface area contributed by atoms with Crippen molar-refractivity contribution >= 4 is 29.1 Å². The van der Waals surface area contributed by atoms with E-state index < -0.39 is 0 Å². The highest BCUT2D eigenvalue weighted by atomic mass is 32.1. The van der Waals surface area contributed by atoms with Gasteiger partial charge in [-0.2, -0.15) is 0 Å².